The topological polar surface area (TPSA) is 140 Å². The minimum absolute atomic E-state index is 0.0162. The quantitative estimate of drug-likeness (QED) is 0.442. The van der Waals surface area contributed by atoms with Crippen LogP contribution in [0.1, 0.15) is 5.76 Å². The molecule has 0 aliphatic rings. The maximum absolute atomic E-state index is 9.51. The molecule has 1 rings (SSSR count). The minimum Gasteiger partial charge on any atom is -0.502 e. The third-order valence-corrected chi connectivity index (χ3v) is 3.42. The third kappa shape index (κ3) is 2.19. The molecule has 0 aromatic carbocycles. The van der Waals surface area contributed by atoms with Gasteiger partial charge >= 0.3 is 0 Å². The standard InChI is InChI=1S/C7H13NO6S/c8-1-2-15(12,13)7-6(11)5(10)4(3-9)14-7/h9-13H,1-3,8H2. The van der Waals surface area contributed by atoms with Gasteiger partial charge in [-0.25, -0.2) is 0 Å². The predicted octanol–water partition coefficient (Wildman–Crippen LogP) is 0.251. The van der Waals surface area contributed by atoms with E-state index in [1.807, 2.05) is 0 Å². The zero-order valence-electron chi connectivity index (χ0n) is 7.75. The first-order chi connectivity index (χ1) is 6.94. The van der Waals surface area contributed by atoms with Crippen molar-refractivity contribution in [2.24, 2.45) is 5.73 Å². The van der Waals surface area contributed by atoms with E-state index in [1.165, 1.54) is 0 Å². The molecule has 7 N–H and O–H groups in total. The lowest BCUT2D eigenvalue weighted by Gasteiger charge is -2.28. The van der Waals surface area contributed by atoms with Crippen LogP contribution in [0.25, 0.3) is 0 Å². The Bertz CT molecular complexity index is 349. The fraction of sp³-hybridized carbons (Fsp3) is 0.429. The van der Waals surface area contributed by atoms with Crippen LogP contribution in [0.15, 0.2) is 9.51 Å². The molecule has 15 heavy (non-hydrogen) atoms. The molecular formula is C7H13NO6S. The Labute approximate surface area is 87.1 Å². The van der Waals surface area contributed by atoms with E-state index in [2.05, 4.69) is 0 Å². The van der Waals surface area contributed by atoms with Crippen molar-refractivity contribution in [3.8, 4) is 11.5 Å². The van der Waals surface area contributed by atoms with Gasteiger partial charge in [0, 0.05) is 6.54 Å². The number of rotatable bonds is 4. The van der Waals surface area contributed by atoms with E-state index in [1.54, 1.807) is 0 Å². The molecule has 0 fully saturated rings. The lowest BCUT2D eigenvalue weighted by Crippen LogP contribution is -2.12. The summed E-state index contributed by atoms with van der Waals surface area (Å²) in [5, 5.41) is 26.7. The zero-order valence-corrected chi connectivity index (χ0v) is 8.57. The van der Waals surface area contributed by atoms with E-state index in [4.69, 9.17) is 15.3 Å². The van der Waals surface area contributed by atoms with Gasteiger partial charge in [0.05, 0.1) is 5.75 Å². The van der Waals surface area contributed by atoms with Crippen molar-refractivity contribution in [3.05, 3.63) is 5.76 Å². The van der Waals surface area contributed by atoms with Gasteiger partial charge in [0.25, 0.3) is 5.09 Å². The van der Waals surface area contributed by atoms with E-state index in [9.17, 15) is 19.3 Å². The molecule has 1 aromatic heterocycles. The van der Waals surface area contributed by atoms with Crippen molar-refractivity contribution in [1.29, 1.82) is 0 Å². The normalized spacial score (nSPS) is 13.1. The fourth-order valence-electron chi connectivity index (χ4n) is 1.02. The van der Waals surface area contributed by atoms with Crippen molar-refractivity contribution in [2.75, 3.05) is 12.3 Å². The maximum Gasteiger partial charge on any atom is 0.258 e. The Morgan fingerprint density at radius 2 is 1.80 bits per heavy atom. The van der Waals surface area contributed by atoms with Crippen molar-refractivity contribution in [3.63, 3.8) is 0 Å². The SMILES string of the molecule is NCCS(O)(O)c1oc(CO)c(O)c1O. The molecule has 0 aliphatic heterocycles. The van der Waals surface area contributed by atoms with Crippen molar-refractivity contribution < 1.29 is 28.8 Å². The van der Waals surface area contributed by atoms with Crippen molar-refractivity contribution in [1.82, 2.24) is 0 Å². The number of hydrogen-bond acceptors (Lipinski definition) is 7. The van der Waals surface area contributed by atoms with Crippen LogP contribution in [0, 0.1) is 0 Å². The molecule has 0 atom stereocenters. The van der Waals surface area contributed by atoms with Crippen molar-refractivity contribution in [2.45, 2.75) is 11.7 Å². The Morgan fingerprint density at radius 1 is 1.20 bits per heavy atom. The van der Waals surface area contributed by atoms with Crippen LogP contribution in [0.2, 0.25) is 0 Å². The molecule has 0 aliphatic carbocycles. The molecule has 0 bridgehead atoms. The van der Waals surface area contributed by atoms with Crippen LogP contribution < -0.4 is 5.73 Å². The average molecular weight is 239 g/mol. The highest BCUT2D eigenvalue weighted by Crippen LogP contribution is 2.56. The summed E-state index contributed by atoms with van der Waals surface area (Å²) in [6, 6.07) is 0. The molecule has 0 unspecified atom stereocenters. The van der Waals surface area contributed by atoms with Gasteiger partial charge in [0.1, 0.15) is 6.61 Å². The highest BCUT2D eigenvalue weighted by atomic mass is 32.3. The zero-order chi connectivity index (χ0) is 11.6. The molecule has 7 nitrogen and oxygen atoms in total. The number of furan rings is 1. The molecule has 88 valence electrons. The van der Waals surface area contributed by atoms with Gasteiger partial charge in [-0.1, -0.05) is 0 Å². The summed E-state index contributed by atoms with van der Waals surface area (Å²) in [6.07, 6.45) is 0. The lowest BCUT2D eigenvalue weighted by atomic mass is 10.4. The third-order valence-electron chi connectivity index (χ3n) is 1.74. The van der Waals surface area contributed by atoms with Crippen LogP contribution in [-0.2, 0) is 6.61 Å². The van der Waals surface area contributed by atoms with Gasteiger partial charge in [-0.3, -0.25) is 9.11 Å². The molecule has 0 amide bonds. The van der Waals surface area contributed by atoms with Crippen LogP contribution in [-0.4, -0.2) is 36.7 Å². The number of aliphatic hydroxyl groups is 1. The van der Waals surface area contributed by atoms with Crippen LogP contribution in [0.3, 0.4) is 0 Å². The Balaban J connectivity index is 3.14. The molecule has 1 heterocycles. The van der Waals surface area contributed by atoms with Gasteiger partial charge in [0.15, 0.2) is 5.76 Å². The van der Waals surface area contributed by atoms with Gasteiger partial charge in [-0.2, -0.15) is 0 Å². The van der Waals surface area contributed by atoms with Crippen molar-refractivity contribution >= 4 is 10.6 Å². The smallest absolute Gasteiger partial charge is 0.258 e. The largest absolute Gasteiger partial charge is 0.502 e. The predicted molar refractivity (Wildman–Crippen MR) is 53.0 cm³/mol. The molecule has 0 radical (unpaired) electrons. The van der Waals surface area contributed by atoms with E-state index < -0.39 is 33.8 Å². The number of aliphatic hydroxyl groups excluding tert-OH is 1. The van der Waals surface area contributed by atoms with Gasteiger partial charge in [-0.15, -0.1) is 10.6 Å². The summed E-state index contributed by atoms with van der Waals surface area (Å²) >= 11 is 0. The van der Waals surface area contributed by atoms with Gasteiger partial charge in [0.2, 0.25) is 11.5 Å². The molecule has 0 saturated heterocycles. The van der Waals surface area contributed by atoms with E-state index >= 15 is 0 Å². The molecular weight excluding hydrogens is 226 g/mol. The first kappa shape index (κ1) is 12.1. The number of aromatic hydroxyl groups is 2. The van der Waals surface area contributed by atoms with E-state index in [0.717, 1.165) is 0 Å². The fourth-order valence-corrected chi connectivity index (χ4v) is 2.18. The number of nitrogens with two attached hydrogens (primary N) is 1. The van der Waals surface area contributed by atoms with Crippen LogP contribution in [0.4, 0.5) is 0 Å². The minimum atomic E-state index is -3.37. The Hall–Kier alpha value is -0.930. The second kappa shape index (κ2) is 4.29. The first-order valence-corrected chi connectivity index (χ1v) is 5.76. The lowest BCUT2D eigenvalue weighted by molar-refractivity contribution is 0.227. The summed E-state index contributed by atoms with van der Waals surface area (Å²) in [5.74, 6) is -1.98. The summed E-state index contributed by atoms with van der Waals surface area (Å²) in [5.41, 5.74) is 5.15. The average Bonchev–Trinajstić information content (AvgIpc) is 2.44. The van der Waals surface area contributed by atoms with Crippen LogP contribution >= 0.6 is 10.6 Å². The number of hydrogen-bond donors (Lipinski definition) is 6. The monoisotopic (exact) mass is 239 g/mol. The molecule has 0 spiro atoms. The summed E-state index contributed by atoms with van der Waals surface area (Å²) in [7, 11) is -3.37. The second-order valence-electron chi connectivity index (χ2n) is 2.83. The molecule has 0 saturated carbocycles. The summed E-state index contributed by atoms with van der Waals surface area (Å²) in [6.45, 7) is -0.671. The molecule has 1 aromatic rings. The Morgan fingerprint density at radius 3 is 2.20 bits per heavy atom. The van der Waals surface area contributed by atoms with Crippen LogP contribution in [0.5, 0.6) is 11.5 Å². The van der Waals surface area contributed by atoms with Gasteiger partial charge < -0.3 is 25.5 Å². The summed E-state index contributed by atoms with van der Waals surface area (Å²) < 4.78 is 23.8. The Kier molecular flexibility index (Phi) is 3.47. The first-order valence-electron chi connectivity index (χ1n) is 4.04. The van der Waals surface area contributed by atoms with E-state index in [-0.39, 0.29) is 18.1 Å². The highest BCUT2D eigenvalue weighted by Gasteiger charge is 2.29. The second-order valence-corrected chi connectivity index (χ2v) is 4.94. The molecule has 8 heteroatoms. The van der Waals surface area contributed by atoms with E-state index in [0.29, 0.717) is 0 Å². The summed E-state index contributed by atoms with van der Waals surface area (Å²) in [4.78, 5) is 0. The maximum atomic E-state index is 9.51. The van der Waals surface area contributed by atoms with Gasteiger partial charge in [-0.05, 0) is 0 Å². The highest BCUT2D eigenvalue weighted by molar-refractivity contribution is 8.24.